The molecule has 0 aliphatic carbocycles. The maximum atomic E-state index is 6.24. The molecular formula is C17H29ClN2. The van der Waals surface area contributed by atoms with Gasteiger partial charge in [-0.05, 0) is 30.5 Å². The number of nitrogens with one attached hydrogen (secondary N) is 1. The third kappa shape index (κ3) is 5.82. The topological polar surface area (TPSA) is 15.3 Å². The molecule has 114 valence electrons. The average molecular weight is 297 g/mol. The second-order valence-electron chi connectivity index (χ2n) is 6.46. The van der Waals surface area contributed by atoms with Gasteiger partial charge in [0, 0.05) is 30.7 Å². The lowest BCUT2D eigenvalue weighted by atomic mass is 9.86. The maximum Gasteiger partial charge on any atom is 0.0451 e. The van der Waals surface area contributed by atoms with Gasteiger partial charge < -0.3 is 10.2 Å². The zero-order valence-corrected chi connectivity index (χ0v) is 14.3. The molecule has 0 aliphatic heterocycles. The van der Waals surface area contributed by atoms with Gasteiger partial charge in [-0.2, -0.15) is 0 Å². The van der Waals surface area contributed by atoms with Crippen LogP contribution in [0.25, 0.3) is 0 Å². The number of benzene rings is 1. The van der Waals surface area contributed by atoms with Crippen molar-refractivity contribution in [3.63, 3.8) is 0 Å². The highest BCUT2D eigenvalue weighted by Gasteiger charge is 2.24. The lowest BCUT2D eigenvalue weighted by Crippen LogP contribution is -2.42. The van der Waals surface area contributed by atoms with Crippen LogP contribution in [0.2, 0.25) is 5.02 Å². The van der Waals surface area contributed by atoms with Crippen LogP contribution in [0.3, 0.4) is 0 Å². The summed E-state index contributed by atoms with van der Waals surface area (Å²) in [4.78, 5) is 2.37. The fraction of sp³-hybridized carbons (Fsp3) is 0.647. The van der Waals surface area contributed by atoms with E-state index >= 15 is 0 Å². The third-order valence-electron chi connectivity index (χ3n) is 3.84. The Bertz CT molecular complexity index is 406. The fourth-order valence-electron chi connectivity index (χ4n) is 2.37. The second kappa shape index (κ2) is 8.02. The van der Waals surface area contributed by atoms with Crippen molar-refractivity contribution in [3.8, 4) is 0 Å². The van der Waals surface area contributed by atoms with Gasteiger partial charge in [0.25, 0.3) is 0 Å². The lowest BCUT2D eigenvalue weighted by Gasteiger charge is -2.34. The van der Waals surface area contributed by atoms with Crippen molar-refractivity contribution >= 4 is 11.6 Å². The van der Waals surface area contributed by atoms with Crippen LogP contribution in [0.1, 0.15) is 39.7 Å². The summed E-state index contributed by atoms with van der Waals surface area (Å²) in [6, 6.07) is 8.64. The van der Waals surface area contributed by atoms with E-state index in [1.54, 1.807) is 0 Å². The van der Waals surface area contributed by atoms with Crippen LogP contribution >= 0.6 is 11.6 Å². The first-order valence-electron chi connectivity index (χ1n) is 7.51. The van der Waals surface area contributed by atoms with Crippen molar-refractivity contribution in [1.82, 2.24) is 10.2 Å². The van der Waals surface area contributed by atoms with E-state index in [0.717, 1.165) is 24.7 Å². The van der Waals surface area contributed by atoms with E-state index in [4.69, 9.17) is 11.6 Å². The molecule has 0 radical (unpaired) electrons. The van der Waals surface area contributed by atoms with Crippen molar-refractivity contribution < 1.29 is 0 Å². The first kappa shape index (κ1) is 17.5. The minimum Gasteiger partial charge on any atom is -0.314 e. The Kier molecular flexibility index (Phi) is 7.01. The molecule has 1 aromatic carbocycles. The van der Waals surface area contributed by atoms with Crippen molar-refractivity contribution in [1.29, 1.82) is 0 Å². The summed E-state index contributed by atoms with van der Waals surface area (Å²) >= 11 is 6.24. The smallest absolute Gasteiger partial charge is 0.0451 e. The first-order valence-corrected chi connectivity index (χ1v) is 7.89. The first-order chi connectivity index (χ1) is 9.36. The molecule has 0 heterocycles. The molecule has 0 aromatic heterocycles. The molecule has 1 unspecified atom stereocenters. The van der Waals surface area contributed by atoms with E-state index in [-0.39, 0.29) is 0 Å². The van der Waals surface area contributed by atoms with Gasteiger partial charge in [-0.15, -0.1) is 0 Å². The van der Waals surface area contributed by atoms with E-state index in [9.17, 15) is 0 Å². The largest absolute Gasteiger partial charge is 0.314 e. The molecule has 20 heavy (non-hydrogen) atoms. The monoisotopic (exact) mass is 296 g/mol. The second-order valence-corrected chi connectivity index (χ2v) is 6.87. The fourth-order valence-corrected chi connectivity index (χ4v) is 2.56. The number of hydrogen-bond acceptors (Lipinski definition) is 2. The summed E-state index contributed by atoms with van der Waals surface area (Å²) in [5.41, 5.74) is 1.49. The molecule has 0 amide bonds. The molecule has 1 N–H and O–H groups in total. The third-order valence-corrected chi connectivity index (χ3v) is 4.21. The van der Waals surface area contributed by atoms with E-state index in [1.165, 1.54) is 12.0 Å². The normalized spacial score (nSPS) is 14.8. The summed E-state index contributed by atoms with van der Waals surface area (Å²) in [6.45, 7) is 12.0. The predicted molar refractivity (Wildman–Crippen MR) is 89.3 cm³/mol. The molecule has 1 aromatic rings. The van der Waals surface area contributed by atoms with Gasteiger partial charge >= 0.3 is 0 Å². The highest BCUT2D eigenvalue weighted by atomic mass is 35.5. The quantitative estimate of drug-likeness (QED) is 0.774. The van der Waals surface area contributed by atoms with Crippen LogP contribution in [0.15, 0.2) is 24.3 Å². The Morgan fingerprint density at radius 3 is 2.50 bits per heavy atom. The molecule has 1 rings (SSSR count). The van der Waals surface area contributed by atoms with Crippen LogP contribution in [-0.2, 0) is 6.54 Å². The Labute approximate surface area is 129 Å². The molecule has 0 saturated heterocycles. The Morgan fingerprint density at radius 2 is 1.95 bits per heavy atom. The number of rotatable bonds is 8. The van der Waals surface area contributed by atoms with Gasteiger partial charge in [0.2, 0.25) is 0 Å². The molecule has 0 saturated carbocycles. The zero-order chi connectivity index (χ0) is 15.2. The number of halogens is 1. The van der Waals surface area contributed by atoms with Gasteiger partial charge in [-0.25, -0.2) is 0 Å². The van der Waals surface area contributed by atoms with Crippen LogP contribution in [0, 0.1) is 5.41 Å². The van der Waals surface area contributed by atoms with E-state index < -0.39 is 0 Å². The Hall–Kier alpha value is -0.570. The van der Waals surface area contributed by atoms with Gasteiger partial charge in [-0.3, -0.25) is 0 Å². The van der Waals surface area contributed by atoms with Crippen molar-refractivity contribution in [2.75, 3.05) is 20.1 Å². The summed E-state index contributed by atoms with van der Waals surface area (Å²) < 4.78 is 0. The molecule has 1 atom stereocenters. The summed E-state index contributed by atoms with van der Waals surface area (Å²) in [7, 11) is 2.17. The van der Waals surface area contributed by atoms with Crippen molar-refractivity contribution in [2.45, 2.75) is 46.7 Å². The Morgan fingerprint density at radius 1 is 1.30 bits per heavy atom. The molecular weight excluding hydrogens is 268 g/mol. The van der Waals surface area contributed by atoms with Gasteiger partial charge in [-0.1, -0.05) is 57.5 Å². The summed E-state index contributed by atoms with van der Waals surface area (Å²) in [6.07, 6.45) is 1.17. The summed E-state index contributed by atoms with van der Waals surface area (Å²) in [5.74, 6) is 0. The van der Waals surface area contributed by atoms with E-state index in [0.29, 0.717) is 11.5 Å². The number of nitrogens with zero attached hydrogens (tertiary/aromatic N) is 1. The van der Waals surface area contributed by atoms with Crippen LogP contribution in [-0.4, -0.2) is 31.1 Å². The summed E-state index contributed by atoms with van der Waals surface area (Å²) in [5, 5.41) is 4.42. The SMILES string of the molecule is CCC(C)(CNC(C)C)CN(C)Cc1ccccc1Cl. The highest BCUT2D eigenvalue weighted by Crippen LogP contribution is 2.23. The highest BCUT2D eigenvalue weighted by molar-refractivity contribution is 6.31. The van der Waals surface area contributed by atoms with Crippen molar-refractivity contribution in [3.05, 3.63) is 34.9 Å². The zero-order valence-electron chi connectivity index (χ0n) is 13.5. The molecule has 0 fully saturated rings. The van der Waals surface area contributed by atoms with Crippen LogP contribution in [0.5, 0.6) is 0 Å². The van der Waals surface area contributed by atoms with Gasteiger partial charge in [0.15, 0.2) is 0 Å². The van der Waals surface area contributed by atoms with Crippen LogP contribution in [0.4, 0.5) is 0 Å². The molecule has 2 nitrogen and oxygen atoms in total. The minimum atomic E-state index is 0.292. The number of hydrogen-bond donors (Lipinski definition) is 1. The van der Waals surface area contributed by atoms with Crippen LogP contribution < -0.4 is 5.32 Å². The van der Waals surface area contributed by atoms with Crippen molar-refractivity contribution in [2.24, 2.45) is 5.41 Å². The molecule has 0 aliphatic rings. The van der Waals surface area contributed by atoms with Gasteiger partial charge in [0.1, 0.15) is 0 Å². The minimum absolute atomic E-state index is 0.292. The maximum absolute atomic E-state index is 6.24. The van der Waals surface area contributed by atoms with E-state index in [1.807, 2.05) is 18.2 Å². The Balaban J connectivity index is 2.58. The molecule has 0 bridgehead atoms. The van der Waals surface area contributed by atoms with E-state index in [2.05, 4.69) is 51.0 Å². The average Bonchev–Trinajstić information content (AvgIpc) is 2.39. The molecule has 3 heteroatoms. The standard InChI is InChI=1S/C17H29ClN2/c1-6-17(4,12-19-14(2)3)13-20(5)11-15-9-7-8-10-16(15)18/h7-10,14,19H,6,11-13H2,1-5H3. The van der Waals surface area contributed by atoms with Gasteiger partial charge in [0.05, 0.1) is 0 Å². The predicted octanol–water partition coefficient (Wildman–Crippen LogP) is 4.19. The lowest BCUT2D eigenvalue weighted by molar-refractivity contribution is 0.172. The molecule has 0 spiro atoms.